The van der Waals surface area contributed by atoms with Crippen LogP contribution >= 0.6 is 9.47 Å². The summed E-state index contributed by atoms with van der Waals surface area (Å²) in [5, 5.41) is 0. The van der Waals surface area contributed by atoms with Crippen molar-refractivity contribution in [3.05, 3.63) is 0 Å². The van der Waals surface area contributed by atoms with E-state index in [4.69, 9.17) is 4.52 Å². The highest BCUT2D eigenvalue weighted by atomic mass is 31.0. The summed E-state index contributed by atoms with van der Waals surface area (Å²) >= 11 is 0. The van der Waals surface area contributed by atoms with Crippen molar-refractivity contribution in [2.75, 3.05) is 6.61 Å². The molecule has 1 nitrogen and oxygen atoms in total. The zero-order valence-electron chi connectivity index (χ0n) is 8.05. The Kier molecular flexibility index (Phi) is 2.21. The van der Waals surface area contributed by atoms with Crippen LogP contribution in [-0.4, -0.2) is 6.61 Å². The van der Waals surface area contributed by atoms with Gasteiger partial charge in [0, 0.05) is 9.47 Å². The zero-order chi connectivity index (χ0) is 8.77. The summed E-state index contributed by atoms with van der Waals surface area (Å²) < 4.78 is 5.15. The van der Waals surface area contributed by atoms with Gasteiger partial charge in [-0.25, -0.2) is 0 Å². The highest BCUT2D eigenvalue weighted by Gasteiger charge is 2.56. The Morgan fingerprint density at radius 1 is 1.50 bits per heavy atom. The first kappa shape index (κ1) is 8.97. The summed E-state index contributed by atoms with van der Waals surface area (Å²) in [5.74, 6) is 2.79. The van der Waals surface area contributed by atoms with Gasteiger partial charge in [0.15, 0.2) is 0 Å². The molecule has 0 spiro atoms. The number of hydrogen-bond donors (Lipinski definition) is 0. The molecule has 2 aliphatic rings. The average molecular weight is 186 g/mol. The van der Waals surface area contributed by atoms with Gasteiger partial charge >= 0.3 is 0 Å². The molecule has 0 bridgehead atoms. The van der Waals surface area contributed by atoms with Gasteiger partial charge in [0.2, 0.25) is 0 Å². The maximum Gasteiger partial charge on any atom is 0.0533 e. The molecule has 3 unspecified atom stereocenters. The van der Waals surface area contributed by atoms with Gasteiger partial charge in [-0.2, -0.15) is 0 Å². The van der Waals surface area contributed by atoms with E-state index in [1.807, 2.05) is 0 Å². The molecule has 2 aliphatic carbocycles. The van der Waals surface area contributed by atoms with E-state index >= 15 is 0 Å². The van der Waals surface area contributed by atoms with E-state index in [0.717, 1.165) is 24.4 Å². The lowest BCUT2D eigenvalue weighted by molar-refractivity contribution is 0.0533. The second-order valence-corrected chi connectivity index (χ2v) is 5.22. The maximum atomic E-state index is 5.15. The van der Waals surface area contributed by atoms with Gasteiger partial charge in [-0.3, -0.25) is 0 Å². The minimum Gasteiger partial charge on any atom is -0.365 e. The Morgan fingerprint density at radius 3 is 2.50 bits per heavy atom. The standard InChI is InChI=1S/C10H19OP/c1-7-5-10(7,2)9-4-3-8(9)6-11-12/h7-9H,3-6,12H2,1-2H3/t7?,8-,9-,10?/m0/s1. The maximum absolute atomic E-state index is 5.15. The fourth-order valence-electron chi connectivity index (χ4n) is 2.88. The molecule has 0 heterocycles. The van der Waals surface area contributed by atoms with Crippen LogP contribution in [0.2, 0.25) is 0 Å². The molecule has 5 atom stereocenters. The van der Waals surface area contributed by atoms with Crippen LogP contribution in [0.4, 0.5) is 0 Å². The fourth-order valence-corrected chi connectivity index (χ4v) is 3.13. The lowest BCUT2D eigenvalue weighted by Crippen LogP contribution is -2.35. The predicted octanol–water partition coefficient (Wildman–Crippen LogP) is 2.87. The molecule has 12 heavy (non-hydrogen) atoms. The Balaban J connectivity index is 1.89. The zero-order valence-corrected chi connectivity index (χ0v) is 9.20. The molecule has 0 radical (unpaired) electrons. The predicted molar refractivity (Wildman–Crippen MR) is 53.8 cm³/mol. The first-order chi connectivity index (χ1) is 5.68. The van der Waals surface area contributed by atoms with Gasteiger partial charge in [0.1, 0.15) is 0 Å². The third-order valence-corrected chi connectivity index (χ3v) is 4.48. The molecule has 0 N–H and O–H groups in total. The lowest BCUT2D eigenvalue weighted by atomic mass is 9.65. The Morgan fingerprint density at radius 2 is 2.17 bits per heavy atom. The van der Waals surface area contributed by atoms with Gasteiger partial charge in [0.25, 0.3) is 0 Å². The van der Waals surface area contributed by atoms with Crippen LogP contribution in [0.25, 0.3) is 0 Å². The highest BCUT2D eigenvalue weighted by Crippen LogP contribution is 2.64. The van der Waals surface area contributed by atoms with Gasteiger partial charge in [-0.15, -0.1) is 0 Å². The highest BCUT2D eigenvalue weighted by molar-refractivity contribution is 7.09. The summed E-state index contributed by atoms with van der Waals surface area (Å²) in [6, 6.07) is 0. The fraction of sp³-hybridized carbons (Fsp3) is 1.00. The summed E-state index contributed by atoms with van der Waals surface area (Å²) in [4.78, 5) is 0. The first-order valence-electron chi connectivity index (χ1n) is 5.00. The van der Waals surface area contributed by atoms with E-state index in [-0.39, 0.29) is 0 Å². The van der Waals surface area contributed by atoms with Crippen LogP contribution in [0.15, 0.2) is 0 Å². The molecule has 0 aliphatic heterocycles. The van der Waals surface area contributed by atoms with Crippen molar-refractivity contribution < 1.29 is 4.52 Å². The molecule has 0 aromatic rings. The molecule has 0 aromatic carbocycles. The van der Waals surface area contributed by atoms with Crippen LogP contribution in [-0.2, 0) is 4.52 Å². The molecule has 0 aromatic heterocycles. The molecule has 2 fully saturated rings. The van der Waals surface area contributed by atoms with Gasteiger partial charge < -0.3 is 4.52 Å². The normalized spacial score (nSPS) is 51.8. The summed E-state index contributed by atoms with van der Waals surface area (Å²) in [6.45, 7) is 5.80. The minimum absolute atomic E-state index is 0.687. The Bertz CT molecular complexity index is 183. The topological polar surface area (TPSA) is 9.23 Å². The summed E-state index contributed by atoms with van der Waals surface area (Å²) in [5.41, 5.74) is 0.687. The quantitative estimate of drug-likeness (QED) is 0.616. The third-order valence-electron chi connectivity index (χ3n) is 4.29. The summed E-state index contributed by atoms with van der Waals surface area (Å²) in [7, 11) is 2.37. The molecule has 0 saturated heterocycles. The van der Waals surface area contributed by atoms with Crippen molar-refractivity contribution in [3.63, 3.8) is 0 Å². The van der Waals surface area contributed by atoms with E-state index in [0.29, 0.717) is 5.41 Å². The summed E-state index contributed by atoms with van der Waals surface area (Å²) in [6.07, 6.45) is 4.28. The van der Waals surface area contributed by atoms with Crippen molar-refractivity contribution >= 4 is 9.47 Å². The average Bonchev–Trinajstić information content (AvgIpc) is 2.52. The van der Waals surface area contributed by atoms with Crippen LogP contribution in [0.5, 0.6) is 0 Å². The van der Waals surface area contributed by atoms with Crippen molar-refractivity contribution in [1.82, 2.24) is 0 Å². The second-order valence-electron chi connectivity index (χ2n) is 4.89. The van der Waals surface area contributed by atoms with Crippen LogP contribution < -0.4 is 0 Å². The molecular weight excluding hydrogens is 167 g/mol. The Hall–Kier alpha value is 0.390. The van der Waals surface area contributed by atoms with Crippen LogP contribution in [0.3, 0.4) is 0 Å². The molecule has 2 saturated carbocycles. The molecule has 70 valence electrons. The monoisotopic (exact) mass is 186 g/mol. The van der Waals surface area contributed by atoms with E-state index in [1.54, 1.807) is 0 Å². The van der Waals surface area contributed by atoms with Crippen molar-refractivity contribution in [1.29, 1.82) is 0 Å². The molecule has 0 amide bonds. The van der Waals surface area contributed by atoms with Gasteiger partial charge in [-0.05, 0) is 42.4 Å². The van der Waals surface area contributed by atoms with E-state index in [9.17, 15) is 0 Å². The largest absolute Gasteiger partial charge is 0.365 e. The SMILES string of the molecule is CC1CC1(C)[C@H]1CC[C@H]1COP. The van der Waals surface area contributed by atoms with Gasteiger partial charge in [0.05, 0.1) is 6.61 Å². The van der Waals surface area contributed by atoms with Crippen LogP contribution in [0.1, 0.15) is 33.1 Å². The van der Waals surface area contributed by atoms with Crippen molar-refractivity contribution in [2.24, 2.45) is 23.2 Å². The van der Waals surface area contributed by atoms with E-state index in [1.165, 1.54) is 19.3 Å². The van der Waals surface area contributed by atoms with Crippen molar-refractivity contribution in [2.45, 2.75) is 33.1 Å². The third kappa shape index (κ3) is 1.22. The van der Waals surface area contributed by atoms with E-state index < -0.39 is 0 Å². The van der Waals surface area contributed by atoms with Gasteiger partial charge in [-0.1, -0.05) is 13.8 Å². The minimum atomic E-state index is 0.687. The smallest absolute Gasteiger partial charge is 0.0533 e. The molecular formula is C10H19OP. The van der Waals surface area contributed by atoms with E-state index in [2.05, 4.69) is 23.3 Å². The first-order valence-corrected chi connectivity index (χ1v) is 5.47. The number of hydrogen-bond acceptors (Lipinski definition) is 1. The number of rotatable bonds is 3. The second kappa shape index (κ2) is 2.96. The van der Waals surface area contributed by atoms with Crippen LogP contribution in [0, 0.1) is 23.2 Å². The molecule has 2 heteroatoms. The Labute approximate surface area is 77.5 Å². The lowest BCUT2D eigenvalue weighted by Gasteiger charge is -2.41. The molecule has 2 rings (SSSR count). The van der Waals surface area contributed by atoms with Crippen molar-refractivity contribution in [3.8, 4) is 0 Å².